The highest BCUT2D eigenvalue weighted by molar-refractivity contribution is 7.12. The van der Waals surface area contributed by atoms with Gasteiger partial charge < -0.3 is 14.6 Å². The summed E-state index contributed by atoms with van der Waals surface area (Å²) < 4.78 is 5.74. The molecule has 3 aromatic rings. The van der Waals surface area contributed by atoms with Crippen molar-refractivity contribution in [2.24, 2.45) is 0 Å². The lowest BCUT2D eigenvalue weighted by molar-refractivity contribution is 0.0510. The molecule has 0 aliphatic carbocycles. The van der Waals surface area contributed by atoms with Crippen LogP contribution >= 0.6 is 11.3 Å². The highest BCUT2D eigenvalue weighted by atomic mass is 32.1. The van der Waals surface area contributed by atoms with E-state index in [-0.39, 0.29) is 24.1 Å². The Balaban J connectivity index is 1.67. The van der Waals surface area contributed by atoms with Gasteiger partial charge in [-0.1, -0.05) is 18.2 Å². The van der Waals surface area contributed by atoms with Crippen LogP contribution in [0.4, 0.5) is 0 Å². The van der Waals surface area contributed by atoms with Crippen LogP contribution in [0.15, 0.2) is 40.5 Å². The Morgan fingerprint density at radius 2 is 2.18 bits per heavy atom. The van der Waals surface area contributed by atoms with Gasteiger partial charge in [0, 0.05) is 18.7 Å². The van der Waals surface area contributed by atoms with E-state index in [2.05, 4.69) is 11.1 Å². The predicted octanol–water partition coefficient (Wildman–Crippen LogP) is 4.03. The second-order valence-corrected chi connectivity index (χ2v) is 8.34. The van der Waals surface area contributed by atoms with Gasteiger partial charge in [0.25, 0.3) is 11.5 Å². The lowest BCUT2D eigenvalue weighted by atomic mass is 10.0. The van der Waals surface area contributed by atoms with Gasteiger partial charge in [-0.05, 0) is 60.7 Å². The number of hydrogen-bond donors (Lipinski definition) is 1. The molecule has 6 heteroatoms. The molecule has 1 saturated heterocycles. The highest BCUT2D eigenvalue weighted by Gasteiger charge is 2.25. The van der Waals surface area contributed by atoms with E-state index in [0.29, 0.717) is 17.0 Å². The van der Waals surface area contributed by atoms with E-state index < -0.39 is 0 Å². The number of nitrogens with zero attached hydrogens (tertiary/aromatic N) is 1. The lowest BCUT2D eigenvalue weighted by Crippen LogP contribution is -2.38. The summed E-state index contributed by atoms with van der Waals surface area (Å²) in [7, 11) is 0. The molecule has 0 saturated carbocycles. The molecule has 28 heavy (non-hydrogen) atoms. The van der Waals surface area contributed by atoms with Crippen LogP contribution in [0.1, 0.15) is 39.2 Å². The fourth-order valence-electron chi connectivity index (χ4n) is 3.70. The third-order valence-corrected chi connectivity index (χ3v) is 6.31. The van der Waals surface area contributed by atoms with Gasteiger partial charge in [-0.2, -0.15) is 0 Å². The number of thiophene rings is 1. The molecule has 1 aliphatic rings. The lowest BCUT2D eigenvalue weighted by Gasteiger charge is -2.25. The number of rotatable bonds is 5. The molecule has 1 amide bonds. The topological polar surface area (TPSA) is 62.4 Å². The number of amides is 1. The van der Waals surface area contributed by atoms with E-state index in [1.54, 1.807) is 4.90 Å². The maximum atomic E-state index is 13.0. The van der Waals surface area contributed by atoms with Gasteiger partial charge >= 0.3 is 0 Å². The Morgan fingerprint density at radius 3 is 2.89 bits per heavy atom. The first-order valence-corrected chi connectivity index (χ1v) is 10.5. The minimum atomic E-state index is -0.141. The quantitative estimate of drug-likeness (QED) is 0.708. The molecule has 1 aliphatic heterocycles. The van der Waals surface area contributed by atoms with E-state index in [1.807, 2.05) is 43.5 Å². The van der Waals surface area contributed by atoms with E-state index in [1.165, 1.54) is 11.3 Å². The number of aryl methyl sites for hydroxylation is 2. The van der Waals surface area contributed by atoms with Crippen molar-refractivity contribution in [2.75, 3.05) is 13.2 Å². The Bertz CT molecular complexity index is 1050. The maximum absolute atomic E-state index is 13.0. The summed E-state index contributed by atoms with van der Waals surface area (Å²) in [6.45, 7) is 5.55. The van der Waals surface area contributed by atoms with Gasteiger partial charge in [-0.15, -0.1) is 11.3 Å². The first-order chi connectivity index (χ1) is 13.5. The first-order valence-electron chi connectivity index (χ1n) is 9.59. The Morgan fingerprint density at radius 1 is 1.32 bits per heavy atom. The number of benzene rings is 1. The van der Waals surface area contributed by atoms with Gasteiger partial charge in [0.2, 0.25) is 0 Å². The van der Waals surface area contributed by atoms with E-state index in [9.17, 15) is 9.59 Å². The number of ether oxygens (including phenoxy) is 1. The summed E-state index contributed by atoms with van der Waals surface area (Å²) in [4.78, 5) is 31.2. The number of nitrogens with one attached hydrogen (secondary N) is 1. The molecule has 2 aromatic heterocycles. The van der Waals surface area contributed by atoms with E-state index in [4.69, 9.17) is 4.74 Å². The minimum Gasteiger partial charge on any atom is -0.376 e. The molecule has 0 spiro atoms. The number of hydrogen-bond acceptors (Lipinski definition) is 4. The van der Waals surface area contributed by atoms with Crippen LogP contribution in [-0.2, 0) is 11.3 Å². The van der Waals surface area contributed by atoms with Crippen molar-refractivity contribution in [3.8, 4) is 0 Å². The maximum Gasteiger partial charge on any atom is 0.264 e. The fraction of sp³-hybridized carbons (Fsp3) is 0.364. The van der Waals surface area contributed by atoms with Crippen LogP contribution in [0, 0.1) is 13.8 Å². The number of pyridine rings is 1. The Kier molecular flexibility index (Phi) is 5.33. The molecule has 4 rings (SSSR count). The minimum absolute atomic E-state index is 0.0355. The molecule has 0 bridgehead atoms. The average Bonchev–Trinajstić information content (AvgIpc) is 3.39. The summed E-state index contributed by atoms with van der Waals surface area (Å²) in [6.07, 6.45) is 2.00. The third-order valence-electron chi connectivity index (χ3n) is 5.46. The van der Waals surface area contributed by atoms with Crippen LogP contribution in [0.5, 0.6) is 0 Å². The smallest absolute Gasteiger partial charge is 0.264 e. The molecule has 1 N–H and O–H groups in total. The largest absolute Gasteiger partial charge is 0.376 e. The third kappa shape index (κ3) is 3.75. The van der Waals surface area contributed by atoms with Gasteiger partial charge in [-0.25, -0.2) is 0 Å². The van der Waals surface area contributed by atoms with Crippen molar-refractivity contribution in [1.29, 1.82) is 0 Å². The van der Waals surface area contributed by atoms with Crippen molar-refractivity contribution in [3.05, 3.63) is 67.6 Å². The number of carbonyl (C=O) groups is 1. The number of H-pyrrole nitrogens is 1. The van der Waals surface area contributed by atoms with Crippen molar-refractivity contribution in [1.82, 2.24) is 9.88 Å². The van der Waals surface area contributed by atoms with Crippen LogP contribution in [0.3, 0.4) is 0 Å². The van der Waals surface area contributed by atoms with Crippen molar-refractivity contribution < 1.29 is 9.53 Å². The van der Waals surface area contributed by atoms with Crippen LogP contribution in [-0.4, -0.2) is 35.0 Å². The Hall–Kier alpha value is -2.44. The second-order valence-electron chi connectivity index (χ2n) is 7.39. The molecule has 146 valence electrons. The molecule has 0 unspecified atom stereocenters. The molecule has 3 heterocycles. The van der Waals surface area contributed by atoms with E-state index >= 15 is 0 Å². The van der Waals surface area contributed by atoms with Crippen LogP contribution in [0.25, 0.3) is 10.9 Å². The molecule has 5 nitrogen and oxygen atoms in total. The monoisotopic (exact) mass is 396 g/mol. The molecule has 1 aromatic carbocycles. The molecular weight excluding hydrogens is 372 g/mol. The van der Waals surface area contributed by atoms with Crippen LogP contribution in [0.2, 0.25) is 0 Å². The standard InChI is InChI=1S/C22H24N2O3S/c1-14-7-8-16-11-17(21(25)23-20(16)15(14)2)12-24(13-18-5-3-9-27-18)22(26)19-6-4-10-28-19/h4,6-8,10-11,18H,3,5,9,12-13H2,1-2H3,(H,23,25)/t18-/m0/s1. The van der Waals surface area contributed by atoms with Gasteiger partial charge in [0.05, 0.1) is 23.0 Å². The molecule has 1 atom stereocenters. The summed E-state index contributed by atoms with van der Waals surface area (Å²) in [5.41, 5.74) is 3.54. The summed E-state index contributed by atoms with van der Waals surface area (Å²) in [6, 6.07) is 9.68. The normalized spacial score (nSPS) is 16.6. The van der Waals surface area contributed by atoms with E-state index in [0.717, 1.165) is 41.5 Å². The van der Waals surface area contributed by atoms with Gasteiger partial charge in [0.15, 0.2) is 0 Å². The van der Waals surface area contributed by atoms with Crippen LogP contribution < -0.4 is 5.56 Å². The SMILES string of the molecule is Cc1ccc2cc(CN(C[C@@H]3CCCO3)C(=O)c3cccs3)c(=O)[nH]c2c1C. The second kappa shape index (κ2) is 7.89. The fourth-order valence-corrected chi connectivity index (χ4v) is 4.39. The Labute approximate surface area is 168 Å². The summed E-state index contributed by atoms with van der Waals surface area (Å²) in [5, 5.41) is 2.88. The first kappa shape index (κ1) is 18.9. The predicted molar refractivity (Wildman–Crippen MR) is 112 cm³/mol. The highest BCUT2D eigenvalue weighted by Crippen LogP contribution is 2.21. The average molecular weight is 397 g/mol. The summed E-state index contributed by atoms with van der Waals surface area (Å²) >= 11 is 1.42. The van der Waals surface area contributed by atoms with Crippen molar-refractivity contribution in [2.45, 2.75) is 39.3 Å². The van der Waals surface area contributed by atoms with Gasteiger partial charge in [-0.3, -0.25) is 9.59 Å². The number of fused-ring (bicyclic) bond motifs is 1. The summed E-state index contributed by atoms with van der Waals surface area (Å²) in [5.74, 6) is -0.0508. The zero-order chi connectivity index (χ0) is 19.7. The zero-order valence-electron chi connectivity index (χ0n) is 16.2. The molecular formula is C22H24N2O3S. The number of aromatic nitrogens is 1. The van der Waals surface area contributed by atoms with Gasteiger partial charge in [0.1, 0.15) is 0 Å². The molecule has 1 fully saturated rings. The molecule has 0 radical (unpaired) electrons. The number of carbonyl (C=O) groups excluding carboxylic acids is 1. The number of aromatic amines is 1. The van der Waals surface area contributed by atoms with Crippen molar-refractivity contribution >= 4 is 28.1 Å². The zero-order valence-corrected chi connectivity index (χ0v) is 17.0. The van der Waals surface area contributed by atoms with Crippen molar-refractivity contribution in [3.63, 3.8) is 0 Å².